The summed E-state index contributed by atoms with van der Waals surface area (Å²) in [6.07, 6.45) is 13.0. The number of carbonyl (C=O) groups excluding carboxylic acids is 4. The third kappa shape index (κ3) is 7.66. The largest absolute Gasteiger partial charge is 0.494 e. The van der Waals surface area contributed by atoms with E-state index in [1.807, 2.05) is 35.5 Å². The molecule has 5 aromatic rings. The van der Waals surface area contributed by atoms with Gasteiger partial charge in [0.15, 0.2) is 0 Å². The number of aromatic nitrogens is 3. The van der Waals surface area contributed by atoms with E-state index in [1.165, 1.54) is 0 Å². The third-order valence-corrected chi connectivity index (χ3v) is 11.8. The Bertz CT molecular complexity index is 2400. The Hall–Kier alpha value is -6.08. The summed E-state index contributed by atoms with van der Waals surface area (Å²) in [5.74, 6) is -0.0608. The first-order valence-corrected chi connectivity index (χ1v) is 20.3. The van der Waals surface area contributed by atoms with Crippen LogP contribution < -0.4 is 14.8 Å². The first-order valence-electron chi connectivity index (χ1n) is 20.3. The van der Waals surface area contributed by atoms with Crippen molar-refractivity contribution in [2.45, 2.75) is 88.6 Å². The number of fused-ring (bicyclic) bond motifs is 4. The van der Waals surface area contributed by atoms with Gasteiger partial charge in [0.2, 0.25) is 17.7 Å². The van der Waals surface area contributed by atoms with Crippen molar-refractivity contribution in [3.05, 3.63) is 96.6 Å². The van der Waals surface area contributed by atoms with Crippen LogP contribution in [0.1, 0.15) is 84.9 Å². The van der Waals surface area contributed by atoms with Gasteiger partial charge in [-0.2, -0.15) is 0 Å². The number of carbonyl (C=O) groups is 4. The second kappa shape index (κ2) is 16.0. The normalized spacial score (nSPS) is 21.0. The van der Waals surface area contributed by atoms with Gasteiger partial charge in [-0.05, 0) is 86.9 Å². The minimum absolute atomic E-state index is 0.0831. The maximum atomic E-state index is 13.1. The lowest BCUT2D eigenvalue weighted by Crippen LogP contribution is -2.51. The van der Waals surface area contributed by atoms with Crippen LogP contribution >= 0.6 is 0 Å². The van der Waals surface area contributed by atoms with E-state index < -0.39 is 23.8 Å². The van der Waals surface area contributed by atoms with Gasteiger partial charge in [-0.3, -0.25) is 29.1 Å². The Morgan fingerprint density at radius 2 is 1.64 bits per heavy atom. The van der Waals surface area contributed by atoms with Gasteiger partial charge in [-0.25, -0.2) is 4.98 Å². The molecule has 3 aromatic heterocycles. The second-order valence-corrected chi connectivity index (χ2v) is 15.7. The third-order valence-electron chi connectivity index (χ3n) is 11.8. The Kier molecular flexibility index (Phi) is 10.4. The van der Waals surface area contributed by atoms with Gasteiger partial charge in [-0.15, -0.1) is 0 Å². The molecule has 2 saturated heterocycles. The molecule has 2 aromatic carbocycles. The molecule has 0 bridgehead atoms. The van der Waals surface area contributed by atoms with Crippen molar-refractivity contribution in [3.8, 4) is 22.8 Å². The van der Waals surface area contributed by atoms with Crippen molar-refractivity contribution in [2.75, 3.05) is 19.7 Å². The number of unbranched alkanes of at least 4 members (excludes halogenated alkanes) is 2. The molecule has 1 unspecified atom stereocenters. The van der Waals surface area contributed by atoms with Crippen LogP contribution in [0.3, 0.4) is 0 Å². The molecular formula is C45H46N6O7. The summed E-state index contributed by atoms with van der Waals surface area (Å²) in [5.41, 5.74) is 5.36. The molecule has 58 heavy (non-hydrogen) atoms. The maximum Gasteiger partial charge on any atom is 0.262 e. The molecule has 4 amide bonds. The molecule has 1 aliphatic carbocycles. The Balaban J connectivity index is 0.643. The van der Waals surface area contributed by atoms with Crippen molar-refractivity contribution in [1.82, 2.24) is 30.1 Å². The van der Waals surface area contributed by atoms with E-state index in [9.17, 15) is 19.2 Å². The van der Waals surface area contributed by atoms with Gasteiger partial charge in [0, 0.05) is 90.1 Å². The molecule has 1 saturated carbocycles. The number of amides is 4. The SMILES string of the molecule is C=C1CCC(N2C(=O)c3ccc(OCCCCCC(=O)N4CCC(OC5CC(Oc6ccc(-c7ccc8c(c7)[nH]c7ccncc78)cn6)C5)CC4)cc3C2=O)C(=O)N1. The number of aromatic amines is 1. The smallest absolute Gasteiger partial charge is 0.262 e. The predicted molar refractivity (Wildman–Crippen MR) is 216 cm³/mol. The first kappa shape index (κ1) is 37.5. The second-order valence-electron chi connectivity index (χ2n) is 15.7. The molecule has 9 rings (SSSR count). The summed E-state index contributed by atoms with van der Waals surface area (Å²) in [4.78, 5) is 66.8. The number of allylic oxidation sites excluding steroid dienone is 1. The number of ether oxygens (including phenoxy) is 3. The van der Waals surface area contributed by atoms with Gasteiger partial charge in [0.05, 0.1) is 29.9 Å². The standard InChI is InChI=1S/C45H46N6O7/c1-27-6-12-40(43(53)48-27)51-44(54)35-11-9-31(24-36(35)45(51)55)56-20-4-2-3-5-42(52)50-18-15-30(16-19-50)57-32-22-33(23-32)58-41-13-8-29(25-47-41)28-7-10-34-37-26-46-17-14-38(37)49-39(34)21-28/h7-11,13-14,17,21,24-26,30,32-33,40,49H,1-6,12,15-16,18-20,22-23H2,(H,48,53). The number of imide groups is 1. The first-order chi connectivity index (χ1) is 28.3. The molecule has 1 atom stereocenters. The monoisotopic (exact) mass is 782 g/mol. The van der Waals surface area contributed by atoms with E-state index in [2.05, 4.69) is 45.0 Å². The summed E-state index contributed by atoms with van der Waals surface area (Å²) in [6.45, 7) is 5.60. The number of piperidine rings is 2. The van der Waals surface area contributed by atoms with Crippen molar-refractivity contribution in [1.29, 1.82) is 0 Å². The van der Waals surface area contributed by atoms with Crippen molar-refractivity contribution < 1.29 is 33.4 Å². The number of nitrogens with zero attached hydrogens (tertiary/aromatic N) is 4. The number of pyridine rings is 2. The molecule has 3 aliphatic heterocycles. The molecule has 13 heteroatoms. The number of rotatable bonds is 13. The Morgan fingerprint density at radius 3 is 2.45 bits per heavy atom. The highest BCUT2D eigenvalue weighted by molar-refractivity contribution is 6.23. The zero-order valence-corrected chi connectivity index (χ0v) is 32.3. The predicted octanol–water partition coefficient (Wildman–Crippen LogP) is 6.72. The van der Waals surface area contributed by atoms with E-state index in [0.717, 1.165) is 82.8 Å². The molecule has 4 aliphatic rings. The quantitative estimate of drug-likeness (QED) is 0.0978. The summed E-state index contributed by atoms with van der Waals surface area (Å²) < 4.78 is 18.4. The molecule has 13 nitrogen and oxygen atoms in total. The fourth-order valence-electron chi connectivity index (χ4n) is 8.48. The Morgan fingerprint density at radius 1 is 0.810 bits per heavy atom. The lowest BCUT2D eigenvalue weighted by atomic mass is 9.91. The van der Waals surface area contributed by atoms with Crippen LogP contribution in [-0.2, 0) is 14.3 Å². The van der Waals surface area contributed by atoms with Crippen LogP contribution in [0.2, 0.25) is 0 Å². The number of benzene rings is 2. The number of likely N-dealkylation sites (tertiary alicyclic amines) is 1. The number of nitrogens with one attached hydrogen (secondary N) is 2. The zero-order valence-electron chi connectivity index (χ0n) is 32.3. The Labute approximate surface area is 335 Å². The topological polar surface area (TPSA) is 156 Å². The summed E-state index contributed by atoms with van der Waals surface area (Å²) in [6, 6.07) is 16.3. The van der Waals surface area contributed by atoms with Crippen molar-refractivity contribution >= 4 is 45.4 Å². The highest BCUT2D eigenvalue weighted by Crippen LogP contribution is 2.34. The molecule has 298 valence electrons. The molecule has 3 fully saturated rings. The van der Waals surface area contributed by atoms with Crippen LogP contribution in [0.15, 0.2) is 85.5 Å². The van der Waals surface area contributed by atoms with Gasteiger partial charge < -0.3 is 29.4 Å². The summed E-state index contributed by atoms with van der Waals surface area (Å²) >= 11 is 0. The van der Waals surface area contributed by atoms with Crippen molar-refractivity contribution in [2.24, 2.45) is 0 Å². The van der Waals surface area contributed by atoms with E-state index >= 15 is 0 Å². The molecule has 0 spiro atoms. The van der Waals surface area contributed by atoms with Gasteiger partial charge in [-0.1, -0.05) is 18.7 Å². The van der Waals surface area contributed by atoms with E-state index in [0.29, 0.717) is 56.3 Å². The van der Waals surface area contributed by atoms with Gasteiger partial charge >= 0.3 is 0 Å². The van der Waals surface area contributed by atoms with Gasteiger partial charge in [0.1, 0.15) is 17.9 Å². The minimum atomic E-state index is -0.847. The maximum absolute atomic E-state index is 13.1. The van der Waals surface area contributed by atoms with Gasteiger partial charge in [0.25, 0.3) is 11.8 Å². The number of hydrogen-bond acceptors (Lipinski definition) is 9. The molecule has 0 radical (unpaired) electrons. The minimum Gasteiger partial charge on any atom is -0.494 e. The lowest BCUT2D eigenvalue weighted by molar-refractivity contribution is -0.138. The average molecular weight is 783 g/mol. The summed E-state index contributed by atoms with van der Waals surface area (Å²) in [5, 5.41) is 4.91. The van der Waals surface area contributed by atoms with Crippen LogP contribution in [0, 0.1) is 0 Å². The van der Waals surface area contributed by atoms with E-state index in [-0.39, 0.29) is 35.3 Å². The number of H-pyrrole nitrogens is 1. The molecule has 2 N–H and O–H groups in total. The highest BCUT2D eigenvalue weighted by Gasteiger charge is 2.44. The fourth-order valence-corrected chi connectivity index (χ4v) is 8.48. The van der Waals surface area contributed by atoms with E-state index in [1.54, 1.807) is 24.4 Å². The van der Waals surface area contributed by atoms with Crippen LogP contribution in [0.5, 0.6) is 11.6 Å². The van der Waals surface area contributed by atoms with Crippen LogP contribution in [0.25, 0.3) is 32.9 Å². The fraction of sp³-hybridized carbons (Fsp3) is 0.378. The number of hydrogen-bond donors (Lipinski definition) is 2. The average Bonchev–Trinajstić information content (AvgIpc) is 3.71. The van der Waals surface area contributed by atoms with Crippen molar-refractivity contribution in [3.63, 3.8) is 0 Å². The van der Waals surface area contributed by atoms with E-state index in [4.69, 9.17) is 14.2 Å². The summed E-state index contributed by atoms with van der Waals surface area (Å²) in [7, 11) is 0. The zero-order chi connectivity index (χ0) is 39.8. The lowest BCUT2D eigenvalue weighted by Gasteiger charge is -2.39. The molecular weight excluding hydrogens is 737 g/mol. The molecule has 6 heterocycles. The van der Waals surface area contributed by atoms with Crippen LogP contribution in [0.4, 0.5) is 0 Å². The van der Waals surface area contributed by atoms with Crippen LogP contribution in [-0.4, -0.2) is 92.4 Å². The highest BCUT2D eigenvalue weighted by atomic mass is 16.5.